The minimum atomic E-state index is 0.142. The molecule has 0 bridgehead atoms. The van der Waals surface area contributed by atoms with E-state index >= 15 is 0 Å². The molecule has 2 heteroatoms. The molecule has 0 spiro atoms. The SMILES string of the molecule is N#Cc1ccccc1-c1c2ccccc2c(-c2ccc3c(c2)[se]c2cccc(-c4c5ccccc5c(-c5ccccc5)c5ccccc45)c23)c2ccccc12. The Balaban J connectivity index is 1.18. The average Bonchev–Trinajstić information content (AvgIpc) is 3.63. The fourth-order valence-corrected chi connectivity index (χ4v) is 11.5. The van der Waals surface area contributed by atoms with Crippen LogP contribution in [0.25, 0.3) is 107 Å². The van der Waals surface area contributed by atoms with E-state index in [1.54, 1.807) is 0 Å². The van der Waals surface area contributed by atoms with Gasteiger partial charge in [0.2, 0.25) is 0 Å². The molecule has 0 saturated heterocycles. The summed E-state index contributed by atoms with van der Waals surface area (Å²) in [7, 11) is 0. The number of hydrogen-bond acceptors (Lipinski definition) is 1. The van der Waals surface area contributed by atoms with Crippen molar-refractivity contribution < 1.29 is 0 Å². The van der Waals surface area contributed by atoms with E-state index in [0.29, 0.717) is 5.56 Å². The Morgan fingerprint density at radius 1 is 0.327 bits per heavy atom. The molecule has 1 aromatic heterocycles. The number of hydrogen-bond donors (Lipinski definition) is 0. The Morgan fingerprint density at radius 2 is 0.782 bits per heavy atom. The van der Waals surface area contributed by atoms with Crippen LogP contribution in [-0.4, -0.2) is 14.5 Å². The fraction of sp³-hybridized carbons (Fsp3) is 0. The Kier molecular flexibility index (Phi) is 7.32. The zero-order valence-electron chi connectivity index (χ0n) is 29.8. The van der Waals surface area contributed by atoms with Gasteiger partial charge in [-0.2, -0.15) is 0 Å². The molecule has 0 aliphatic rings. The zero-order chi connectivity index (χ0) is 36.5. The molecular weight excluding hydrogens is 730 g/mol. The van der Waals surface area contributed by atoms with Crippen molar-refractivity contribution in [1.29, 1.82) is 5.26 Å². The van der Waals surface area contributed by atoms with E-state index in [9.17, 15) is 5.26 Å². The molecular formula is C53H31NSe. The molecule has 1 heterocycles. The summed E-state index contributed by atoms with van der Waals surface area (Å²) in [5.41, 5.74) is 10.4. The Labute approximate surface area is 324 Å². The Bertz CT molecular complexity index is 3270. The Hall–Kier alpha value is -6.75. The van der Waals surface area contributed by atoms with Gasteiger partial charge in [0.05, 0.1) is 0 Å². The van der Waals surface area contributed by atoms with Crippen LogP contribution in [0.5, 0.6) is 0 Å². The van der Waals surface area contributed by atoms with Gasteiger partial charge in [-0.25, -0.2) is 0 Å². The van der Waals surface area contributed by atoms with Crippen LogP contribution in [0.15, 0.2) is 188 Å². The molecule has 0 radical (unpaired) electrons. The van der Waals surface area contributed by atoms with Crippen LogP contribution in [0.2, 0.25) is 0 Å². The number of nitriles is 1. The first-order chi connectivity index (χ1) is 27.3. The van der Waals surface area contributed by atoms with E-state index in [0.717, 1.165) is 21.9 Å². The molecule has 11 rings (SSSR count). The first kappa shape index (κ1) is 31.7. The normalized spacial score (nSPS) is 11.6. The average molecular weight is 761 g/mol. The first-order valence-electron chi connectivity index (χ1n) is 18.7. The van der Waals surface area contributed by atoms with Crippen molar-refractivity contribution in [3.8, 4) is 50.6 Å². The van der Waals surface area contributed by atoms with Gasteiger partial charge in [-0.3, -0.25) is 0 Å². The minimum absolute atomic E-state index is 0.142. The van der Waals surface area contributed by atoms with Crippen LogP contribution in [0.3, 0.4) is 0 Å². The third-order valence-corrected chi connectivity index (χ3v) is 13.6. The molecule has 0 aliphatic heterocycles. The summed E-state index contributed by atoms with van der Waals surface area (Å²) >= 11 is 0.142. The summed E-state index contributed by atoms with van der Waals surface area (Å²) in [6, 6.07) is 70.7. The third kappa shape index (κ3) is 4.85. The van der Waals surface area contributed by atoms with Crippen LogP contribution in [0.1, 0.15) is 5.56 Å². The van der Waals surface area contributed by atoms with Crippen molar-refractivity contribution in [2.24, 2.45) is 0 Å². The molecule has 10 aromatic carbocycles. The van der Waals surface area contributed by atoms with Crippen molar-refractivity contribution in [2.45, 2.75) is 0 Å². The van der Waals surface area contributed by atoms with Crippen LogP contribution in [-0.2, 0) is 0 Å². The van der Waals surface area contributed by atoms with Gasteiger partial charge in [0.15, 0.2) is 0 Å². The second kappa shape index (κ2) is 12.7. The molecule has 0 atom stereocenters. The topological polar surface area (TPSA) is 23.8 Å². The van der Waals surface area contributed by atoms with Crippen molar-refractivity contribution in [3.63, 3.8) is 0 Å². The van der Waals surface area contributed by atoms with Gasteiger partial charge in [-0.05, 0) is 0 Å². The van der Waals surface area contributed by atoms with E-state index in [-0.39, 0.29) is 14.5 Å². The predicted molar refractivity (Wildman–Crippen MR) is 235 cm³/mol. The Morgan fingerprint density at radius 3 is 1.35 bits per heavy atom. The maximum atomic E-state index is 10.1. The van der Waals surface area contributed by atoms with Crippen LogP contribution < -0.4 is 0 Å². The monoisotopic (exact) mass is 761 g/mol. The molecule has 55 heavy (non-hydrogen) atoms. The molecule has 1 nitrogen and oxygen atoms in total. The van der Waals surface area contributed by atoms with Crippen molar-refractivity contribution in [1.82, 2.24) is 0 Å². The number of rotatable bonds is 4. The van der Waals surface area contributed by atoms with Gasteiger partial charge in [-0.15, -0.1) is 0 Å². The maximum absolute atomic E-state index is 10.1. The summed E-state index contributed by atoms with van der Waals surface area (Å²) in [5.74, 6) is 0. The quantitative estimate of drug-likeness (QED) is 0.129. The van der Waals surface area contributed by atoms with E-state index in [2.05, 4.69) is 176 Å². The molecule has 0 N–H and O–H groups in total. The van der Waals surface area contributed by atoms with Crippen LogP contribution in [0, 0.1) is 11.3 Å². The van der Waals surface area contributed by atoms with Crippen molar-refractivity contribution >= 4 is 76.9 Å². The van der Waals surface area contributed by atoms with Gasteiger partial charge in [0, 0.05) is 0 Å². The van der Waals surface area contributed by atoms with Crippen LogP contribution in [0.4, 0.5) is 0 Å². The van der Waals surface area contributed by atoms with E-state index in [1.807, 2.05) is 18.2 Å². The first-order valence-corrected chi connectivity index (χ1v) is 20.4. The zero-order valence-corrected chi connectivity index (χ0v) is 31.5. The third-order valence-electron chi connectivity index (χ3n) is 11.3. The summed E-state index contributed by atoms with van der Waals surface area (Å²) in [5, 5.41) is 22.7. The van der Waals surface area contributed by atoms with E-state index in [1.165, 1.54) is 85.0 Å². The van der Waals surface area contributed by atoms with Gasteiger partial charge in [0.1, 0.15) is 0 Å². The molecule has 0 amide bonds. The molecule has 0 aliphatic carbocycles. The summed E-state index contributed by atoms with van der Waals surface area (Å²) in [6.45, 7) is 0. The standard InChI is InChI=1S/C53H31NSe/c54-32-35-17-4-5-18-36(35)51-41-23-10-8-21-39(41)50(40-22-9-11-24-42(40)51)34-29-30-45-48(31-34)55-47-28-14-27-46(53(45)47)52-43-25-12-6-19-37(43)49(33-15-2-1-3-16-33)38-20-7-13-26-44(38)52/h1-31H. The van der Waals surface area contributed by atoms with E-state index in [4.69, 9.17) is 0 Å². The molecule has 11 aromatic rings. The molecule has 0 unspecified atom stereocenters. The number of benzene rings is 10. The fourth-order valence-electron chi connectivity index (χ4n) is 9.05. The van der Waals surface area contributed by atoms with Gasteiger partial charge in [-0.1, -0.05) is 0 Å². The van der Waals surface area contributed by atoms with Crippen molar-refractivity contribution in [3.05, 3.63) is 194 Å². The second-order valence-electron chi connectivity index (χ2n) is 14.2. The van der Waals surface area contributed by atoms with E-state index < -0.39 is 0 Å². The summed E-state index contributed by atoms with van der Waals surface area (Å²) < 4.78 is 2.84. The summed E-state index contributed by atoms with van der Waals surface area (Å²) in [4.78, 5) is 0. The number of nitrogens with zero attached hydrogens (tertiary/aromatic N) is 1. The van der Waals surface area contributed by atoms with Gasteiger partial charge in [0.25, 0.3) is 0 Å². The number of fused-ring (bicyclic) bond motifs is 7. The predicted octanol–water partition coefficient (Wildman–Crippen LogP) is 14.2. The summed E-state index contributed by atoms with van der Waals surface area (Å²) in [6.07, 6.45) is 0. The molecule has 254 valence electrons. The second-order valence-corrected chi connectivity index (χ2v) is 16.5. The van der Waals surface area contributed by atoms with Gasteiger partial charge < -0.3 is 0 Å². The van der Waals surface area contributed by atoms with Gasteiger partial charge >= 0.3 is 326 Å². The molecule has 0 saturated carbocycles. The van der Waals surface area contributed by atoms with Crippen LogP contribution >= 0.6 is 0 Å². The van der Waals surface area contributed by atoms with Crippen molar-refractivity contribution in [2.75, 3.05) is 0 Å². The molecule has 0 fully saturated rings.